The Labute approximate surface area is 103 Å². The lowest BCUT2D eigenvalue weighted by molar-refractivity contribution is 0.0691. The van der Waals surface area contributed by atoms with Gasteiger partial charge in [-0.1, -0.05) is 19.1 Å². The summed E-state index contributed by atoms with van der Waals surface area (Å²) >= 11 is 1.28. The van der Waals surface area contributed by atoms with Crippen molar-refractivity contribution in [3.8, 4) is 0 Å². The molecule has 2 rings (SSSR count). The first-order valence-electron chi connectivity index (χ1n) is 5.24. The van der Waals surface area contributed by atoms with E-state index in [1.165, 1.54) is 22.3 Å². The number of aromatic nitrogens is 1. The summed E-state index contributed by atoms with van der Waals surface area (Å²) in [6, 6.07) is 7.98. The third-order valence-electron chi connectivity index (χ3n) is 2.31. The minimum absolute atomic E-state index is 0.0733. The van der Waals surface area contributed by atoms with Crippen LogP contribution >= 0.6 is 11.3 Å². The number of benzene rings is 1. The number of hydrogen-bond donors (Lipinski definition) is 2. The molecule has 0 saturated heterocycles. The number of carboxylic acid groups (broad SMARTS) is 1. The highest BCUT2D eigenvalue weighted by atomic mass is 32.1. The number of rotatable bonds is 4. The van der Waals surface area contributed by atoms with E-state index in [4.69, 9.17) is 5.11 Å². The molecule has 0 unspecified atom stereocenters. The SMILES string of the molecule is CCc1cccc(Nc2nc(C(=O)O)cs2)c1. The highest BCUT2D eigenvalue weighted by molar-refractivity contribution is 7.14. The van der Waals surface area contributed by atoms with Crippen LogP contribution in [0.25, 0.3) is 0 Å². The van der Waals surface area contributed by atoms with Crippen LogP contribution in [0.4, 0.5) is 10.8 Å². The molecule has 0 fully saturated rings. The third-order valence-corrected chi connectivity index (χ3v) is 3.07. The summed E-state index contributed by atoms with van der Waals surface area (Å²) in [6.45, 7) is 2.09. The summed E-state index contributed by atoms with van der Waals surface area (Å²) in [7, 11) is 0. The maximum absolute atomic E-state index is 10.7. The lowest BCUT2D eigenvalue weighted by Crippen LogP contribution is -1.97. The second-order valence-electron chi connectivity index (χ2n) is 3.52. The van der Waals surface area contributed by atoms with Gasteiger partial charge in [-0.05, 0) is 24.1 Å². The Hall–Kier alpha value is -1.88. The molecule has 0 atom stereocenters. The van der Waals surface area contributed by atoms with Crippen LogP contribution in [0.5, 0.6) is 0 Å². The van der Waals surface area contributed by atoms with E-state index in [2.05, 4.69) is 23.3 Å². The van der Waals surface area contributed by atoms with Crippen molar-refractivity contribution in [3.63, 3.8) is 0 Å². The molecule has 5 heteroatoms. The number of nitrogens with zero attached hydrogens (tertiary/aromatic N) is 1. The molecular weight excluding hydrogens is 236 g/mol. The Morgan fingerprint density at radius 1 is 1.53 bits per heavy atom. The fraction of sp³-hybridized carbons (Fsp3) is 0.167. The molecule has 1 aromatic carbocycles. The van der Waals surface area contributed by atoms with Gasteiger partial charge in [0, 0.05) is 11.1 Å². The van der Waals surface area contributed by atoms with Gasteiger partial charge < -0.3 is 10.4 Å². The normalized spacial score (nSPS) is 10.2. The number of carboxylic acids is 1. The summed E-state index contributed by atoms with van der Waals surface area (Å²) < 4.78 is 0. The number of carbonyl (C=O) groups is 1. The van der Waals surface area contributed by atoms with Crippen molar-refractivity contribution >= 4 is 28.1 Å². The van der Waals surface area contributed by atoms with Crippen LogP contribution in [-0.2, 0) is 6.42 Å². The largest absolute Gasteiger partial charge is 0.476 e. The minimum atomic E-state index is -1.00. The van der Waals surface area contributed by atoms with Gasteiger partial charge in [-0.25, -0.2) is 9.78 Å². The molecule has 17 heavy (non-hydrogen) atoms. The van der Waals surface area contributed by atoms with E-state index in [0.717, 1.165) is 12.1 Å². The number of anilines is 2. The summed E-state index contributed by atoms with van der Waals surface area (Å²) in [5.74, 6) is -1.00. The van der Waals surface area contributed by atoms with Crippen LogP contribution in [0.3, 0.4) is 0 Å². The smallest absolute Gasteiger partial charge is 0.355 e. The molecular formula is C12H12N2O2S. The van der Waals surface area contributed by atoms with Crippen molar-refractivity contribution in [2.75, 3.05) is 5.32 Å². The quantitative estimate of drug-likeness (QED) is 0.872. The Morgan fingerprint density at radius 2 is 2.35 bits per heavy atom. The first-order valence-corrected chi connectivity index (χ1v) is 6.12. The molecule has 2 aromatic rings. The summed E-state index contributed by atoms with van der Waals surface area (Å²) in [6.07, 6.45) is 0.966. The van der Waals surface area contributed by atoms with Gasteiger partial charge in [-0.15, -0.1) is 11.3 Å². The first-order chi connectivity index (χ1) is 8.19. The Balaban J connectivity index is 2.16. The average molecular weight is 248 g/mol. The zero-order chi connectivity index (χ0) is 12.3. The minimum Gasteiger partial charge on any atom is -0.476 e. The molecule has 0 aliphatic carbocycles. The lowest BCUT2D eigenvalue weighted by Gasteiger charge is -2.04. The molecule has 0 aliphatic rings. The molecule has 88 valence electrons. The van der Waals surface area contributed by atoms with Crippen LogP contribution in [0, 0.1) is 0 Å². The van der Waals surface area contributed by atoms with Gasteiger partial charge in [0.25, 0.3) is 0 Å². The van der Waals surface area contributed by atoms with Gasteiger partial charge in [-0.2, -0.15) is 0 Å². The van der Waals surface area contributed by atoms with Crippen molar-refractivity contribution in [1.29, 1.82) is 0 Å². The van der Waals surface area contributed by atoms with Crippen LogP contribution in [0.1, 0.15) is 23.0 Å². The average Bonchev–Trinajstić information content (AvgIpc) is 2.78. The Morgan fingerprint density at radius 3 is 3.00 bits per heavy atom. The van der Waals surface area contributed by atoms with Gasteiger partial charge in [0.2, 0.25) is 0 Å². The molecule has 4 nitrogen and oxygen atoms in total. The molecule has 0 saturated carbocycles. The Kier molecular flexibility index (Phi) is 3.39. The number of thiazole rings is 1. The van der Waals surface area contributed by atoms with Gasteiger partial charge in [0.15, 0.2) is 10.8 Å². The van der Waals surface area contributed by atoms with E-state index in [9.17, 15) is 4.79 Å². The molecule has 1 heterocycles. The topological polar surface area (TPSA) is 62.2 Å². The number of aromatic carboxylic acids is 1. The van der Waals surface area contributed by atoms with Crippen LogP contribution in [0.15, 0.2) is 29.6 Å². The molecule has 0 bridgehead atoms. The Bertz CT molecular complexity index is 537. The molecule has 0 spiro atoms. The maximum atomic E-state index is 10.7. The van der Waals surface area contributed by atoms with Crippen molar-refractivity contribution in [2.45, 2.75) is 13.3 Å². The van der Waals surface area contributed by atoms with E-state index >= 15 is 0 Å². The highest BCUT2D eigenvalue weighted by Crippen LogP contribution is 2.21. The molecule has 0 radical (unpaired) electrons. The van der Waals surface area contributed by atoms with Gasteiger partial charge in [0.05, 0.1) is 0 Å². The molecule has 0 amide bonds. The monoisotopic (exact) mass is 248 g/mol. The number of nitrogens with one attached hydrogen (secondary N) is 1. The summed E-state index contributed by atoms with van der Waals surface area (Å²) in [5, 5.41) is 14.0. The summed E-state index contributed by atoms with van der Waals surface area (Å²) in [5.41, 5.74) is 2.23. The van der Waals surface area contributed by atoms with Crippen LogP contribution in [-0.4, -0.2) is 16.1 Å². The molecule has 2 N–H and O–H groups in total. The van der Waals surface area contributed by atoms with Crippen molar-refractivity contribution < 1.29 is 9.90 Å². The van der Waals surface area contributed by atoms with Crippen molar-refractivity contribution in [3.05, 3.63) is 40.9 Å². The zero-order valence-corrected chi connectivity index (χ0v) is 10.1. The first kappa shape index (κ1) is 11.6. The van der Waals surface area contributed by atoms with Crippen molar-refractivity contribution in [2.24, 2.45) is 0 Å². The van der Waals surface area contributed by atoms with Gasteiger partial charge in [0.1, 0.15) is 0 Å². The lowest BCUT2D eigenvalue weighted by atomic mass is 10.1. The van der Waals surface area contributed by atoms with E-state index in [1.54, 1.807) is 0 Å². The predicted octanol–water partition coefficient (Wildman–Crippen LogP) is 3.15. The zero-order valence-electron chi connectivity index (χ0n) is 9.30. The third kappa shape index (κ3) is 2.82. The van der Waals surface area contributed by atoms with Crippen LogP contribution < -0.4 is 5.32 Å². The molecule has 0 aliphatic heterocycles. The number of aryl methyl sites for hydroxylation is 1. The second kappa shape index (κ2) is 4.97. The predicted molar refractivity (Wildman–Crippen MR) is 68.2 cm³/mol. The standard InChI is InChI=1S/C12H12N2O2S/c1-2-8-4-3-5-9(6-8)13-12-14-10(7-17-12)11(15)16/h3-7H,2H2,1H3,(H,13,14)(H,15,16). The fourth-order valence-corrected chi connectivity index (χ4v) is 2.13. The van der Waals surface area contributed by atoms with E-state index in [0.29, 0.717) is 5.13 Å². The van der Waals surface area contributed by atoms with E-state index in [1.807, 2.05) is 18.2 Å². The van der Waals surface area contributed by atoms with E-state index < -0.39 is 5.97 Å². The van der Waals surface area contributed by atoms with E-state index in [-0.39, 0.29) is 5.69 Å². The number of hydrogen-bond acceptors (Lipinski definition) is 4. The van der Waals surface area contributed by atoms with Crippen LogP contribution in [0.2, 0.25) is 0 Å². The molecule has 1 aromatic heterocycles. The summed E-state index contributed by atoms with van der Waals surface area (Å²) in [4.78, 5) is 14.7. The fourth-order valence-electron chi connectivity index (χ4n) is 1.42. The maximum Gasteiger partial charge on any atom is 0.355 e. The second-order valence-corrected chi connectivity index (χ2v) is 4.38. The van der Waals surface area contributed by atoms with Gasteiger partial charge in [-0.3, -0.25) is 0 Å². The van der Waals surface area contributed by atoms with Gasteiger partial charge >= 0.3 is 5.97 Å². The highest BCUT2D eigenvalue weighted by Gasteiger charge is 2.08. The van der Waals surface area contributed by atoms with Crippen molar-refractivity contribution in [1.82, 2.24) is 4.98 Å².